The number of carbonyl (C=O) groups is 2. The van der Waals surface area contributed by atoms with Crippen LogP contribution in [0.1, 0.15) is 259 Å². The molecule has 0 aromatic carbocycles. The fraction of sp³-hybridized carbons (Fsp3) is 0.963. The summed E-state index contributed by atoms with van der Waals surface area (Å²) < 4.78 is 5.43. The molecule has 1 aliphatic rings. The van der Waals surface area contributed by atoms with Gasteiger partial charge in [0.1, 0.15) is 0 Å². The van der Waals surface area contributed by atoms with Crippen molar-refractivity contribution in [3.8, 4) is 0 Å². The Morgan fingerprint density at radius 2 is 0.787 bits per heavy atom. The quantitative estimate of drug-likeness (QED) is 0.0449. The van der Waals surface area contributed by atoms with Crippen molar-refractivity contribution < 1.29 is 14.3 Å². The summed E-state index contributed by atoms with van der Waals surface area (Å²) in [5.74, 6) is 0.321. The third kappa shape index (κ3) is 34.8. The van der Waals surface area contributed by atoms with Gasteiger partial charge in [-0.2, -0.15) is 0 Å². The molecular weight excluding hydrogens is 753 g/mol. The van der Waals surface area contributed by atoms with Crippen LogP contribution < -0.4 is 0 Å². The van der Waals surface area contributed by atoms with E-state index in [-0.39, 0.29) is 5.97 Å². The summed E-state index contributed by atoms with van der Waals surface area (Å²) in [6.45, 7) is 22.1. The van der Waals surface area contributed by atoms with Crippen LogP contribution in [0.3, 0.4) is 0 Å². The highest BCUT2D eigenvalue weighted by Gasteiger charge is 2.27. The van der Waals surface area contributed by atoms with Crippen molar-refractivity contribution in [3.63, 3.8) is 0 Å². The van der Waals surface area contributed by atoms with Gasteiger partial charge in [0.25, 0.3) is 0 Å². The predicted molar refractivity (Wildman–Crippen MR) is 266 cm³/mol. The van der Waals surface area contributed by atoms with E-state index in [1.165, 1.54) is 193 Å². The molecule has 1 amide bonds. The number of likely N-dealkylation sites (tertiary alicyclic amines) is 1. The van der Waals surface area contributed by atoms with Crippen molar-refractivity contribution in [3.05, 3.63) is 0 Å². The van der Waals surface area contributed by atoms with Crippen molar-refractivity contribution in [1.29, 1.82) is 0 Å². The SMILES string of the molecule is CCCCCCCCCN(CCCCCCCCC)CCN(CCCCCCCCC)CC(=O)N1CCC(N(CCCCCCCCC)CCCCC(=O)OCCCC)CC1. The number of rotatable bonds is 46. The number of hydrogen-bond donors (Lipinski definition) is 0. The number of piperidine rings is 1. The third-order valence-corrected chi connectivity index (χ3v) is 13.5. The first-order chi connectivity index (χ1) is 30.0. The maximum absolute atomic E-state index is 14.1. The molecule has 61 heavy (non-hydrogen) atoms. The van der Waals surface area contributed by atoms with Gasteiger partial charge >= 0.3 is 5.97 Å². The second-order valence-corrected chi connectivity index (χ2v) is 19.3. The van der Waals surface area contributed by atoms with Crippen LogP contribution in [0.5, 0.6) is 0 Å². The minimum atomic E-state index is -0.0334. The zero-order valence-corrected chi connectivity index (χ0v) is 42.1. The largest absolute Gasteiger partial charge is 0.466 e. The Labute approximate surface area is 382 Å². The Morgan fingerprint density at radius 1 is 0.426 bits per heavy atom. The monoisotopic (exact) mass is 861 g/mol. The lowest BCUT2D eigenvalue weighted by molar-refractivity contribution is -0.143. The molecule has 0 aromatic heterocycles. The zero-order chi connectivity index (χ0) is 44.3. The summed E-state index contributed by atoms with van der Waals surface area (Å²) >= 11 is 0. The Kier molecular flexibility index (Phi) is 41.8. The molecule has 0 saturated carbocycles. The van der Waals surface area contributed by atoms with E-state index in [9.17, 15) is 9.59 Å². The normalized spacial score (nSPS) is 13.7. The lowest BCUT2D eigenvalue weighted by atomic mass is 10.0. The Hall–Kier alpha value is -1.18. The van der Waals surface area contributed by atoms with Gasteiger partial charge in [0.05, 0.1) is 13.2 Å². The van der Waals surface area contributed by atoms with E-state index in [1.54, 1.807) is 0 Å². The lowest BCUT2D eigenvalue weighted by Crippen LogP contribution is -2.50. The number of hydrogen-bond acceptors (Lipinski definition) is 6. The van der Waals surface area contributed by atoms with E-state index in [2.05, 4.69) is 54.2 Å². The first kappa shape index (κ1) is 57.8. The number of unbranched alkanes of at least 4 members (excludes halogenated alkanes) is 26. The molecule has 1 aliphatic heterocycles. The Bertz CT molecular complexity index is 923. The summed E-state index contributed by atoms with van der Waals surface area (Å²) in [6.07, 6.45) is 44.2. The molecule has 7 nitrogen and oxygen atoms in total. The van der Waals surface area contributed by atoms with E-state index in [1.807, 2.05) is 0 Å². The van der Waals surface area contributed by atoms with E-state index in [0.29, 0.717) is 31.5 Å². The van der Waals surface area contributed by atoms with Crippen LogP contribution in [0.25, 0.3) is 0 Å². The van der Waals surface area contributed by atoms with Gasteiger partial charge in [0, 0.05) is 38.6 Å². The molecule has 0 N–H and O–H groups in total. The predicted octanol–water partition coefficient (Wildman–Crippen LogP) is 14.4. The third-order valence-electron chi connectivity index (χ3n) is 13.5. The van der Waals surface area contributed by atoms with Gasteiger partial charge in [-0.1, -0.05) is 195 Å². The first-order valence-corrected chi connectivity index (χ1v) is 27.6. The molecule has 1 saturated heterocycles. The second kappa shape index (κ2) is 44.0. The van der Waals surface area contributed by atoms with E-state index in [0.717, 1.165) is 84.3 Å². The van der Waals surface area contributed by atoms with Crippen molar-refractivity contribution in [2.45, 2.75) is 265 Å². The minimum absolute atomic E-state index is 0.0334. The zero-order valence-electron chi connectivity index (χ0n) is 42.1. The topological polar surface area (TPSA) is 56.3 Å². The Balaban J connectivity index is 2.82. The van der Waals surface area contributed by atoms with Crippen LogP contribution >= 0.6 is 0 Å². The van der Waals surface area contributed by atoms with Gasteiger partial charge in [0.2, 0.25) is 5.91 Å². The van der Waals surface area contributed by atoms with E-state index in [4.69, 9.17) is 4.74 Å². The number of nitrogens with zero attached hydrogens (tertiary/aromatic N) is 4. The molecule has 0 bridgehead atoms. The molecule has 0 aliphatic carbocycles. The van der Waals surface area contributed by atoms with Crippen LogP contribution in [0, 0.1) is 0 Å². The number of ether oxygens (including phenoxy) is 1. The van der Waals surface area contributed by atoms with Crippen LogP contribution in [0.2, 0.25) is 0 Å². The van der Waals surface area contributed by atoms with Crippen LogP contribution in [0.15, 0.2) is 0 Å². The molecule has 0 unspecified atom stereocenters. The molecule has 0 atom stereocenters. The van der Waals surface area contributed by atoms with Gasteiger partial charge in [0.15, 0.2) is 0 Å². The number of amides is 1. The highest BCUT2D eigenvalue weighted by molar-refractivity contribution is 5.78. The molecule has 7 heteroatoms. The molecular formula is C54H108N4O3. The van der Waals surface area contributed by atoms with Crippen molar-refractivity contribution in [2.24, 2.45) is 0 Å². The molecule has 0 aromatic rings. The molecule has 362 valence electrons. The average Bonchev–Trinajstić information content (AvgIpc) is 3.27. The highest BCUT2D eigenvalue weighted by Crippen LogP contribution is 2.20. The average molecular weight is 861 g/mol. The smallest absolute Gasteiger partial charge is 0.305 e. The van der Waals surface area contributed by atoms with Crippen molar-refractivity contribution in [2.75, 3.05) is 72.1 Å². The molecule has 0 spiro atoms. The van der Waals surface area contributed by atoms with E-state index < -0.39 is 0 Å². The van der Waals surface area contributed by atoms with Gasteiger partial charge in [-0.3, -0.25) is 14.5 Å². The van der Waals surface area contributed by atoms with Gasteiger partial charge < -0.3 is 19.4 Å². The van der Waals surface area contributed by atoms with E-state index >= 15 is 0 Å². The maximum Gasteiger partial charge on any atom is 0.305 e. The first-order valence-electron chi connectivity index (χ1n) is 27.6. The molecule has 1 fully saturated rings. The summed E-state index contributed by atoms with van der Waals surface area (Å²) in [5.41, 5.74) is 0. The lowest BCUT2D eigenvalue weighted by Gasteiger charge is -2.39. The summed E-state index contributed by atoms with van der Waals surface area (Å²) in [6, 6.07) is 0.538. The maximum atomic E-state index is 14.1. The van der Waals surface area contributed by atoms with Crippen molar-refractivity contribution >= 4 is 11.9 Å². The minimum Gasteiger partial charge on any atom is -0.466 e. The van der Waals surface area contributed by atoms with Crippen LogP contribution in [-0.4, -0.2) is 110 Å². The summed E-state index contributed by atoms with van der Waals surface area (Å²) in [5, 5.41) is 0. The number of carbonyl (C=O) groups excluding carboxylic acids is 2. The fourth-order valence-electron chi connectivity index (χ4n) is 9.27. The van der Waals surface area contributed by atoms with Crippen LogP contribution in [-0.2, 0) is 14.3 Å². The van der Waals surface area contributed by atoms with Gasteiger partial charge in [-0.05, 0) is 90.5 Å². The summed E-state index contributed by atoms with van der Waals surface area (Å²) in [7, 11) is 0. The fourth-order valence-corrected chi connectivity index (χ4v) is 9.27. The van der Waals surface area contributed by atoms with Gasteiger partial charge in [-0.25, -0.2) is 0 Å². The molecule has 1 rings (SSSR count). The highest BCUT2D eigenvalue weighted by atomic mass is 16.5. The van der Waals surface area contributed by atoms with Crippen LogP contribution in [0.4, 0.5) is 0 Å². The van der Waals surface area contributed by atoms with Crippen molar-refractivity contribution in [1.82, 2.24) is 19.6 Å². The Morgan fingerprint density at radius 3 is 1.23 bits per heavy atom. The second-order valence-electron chi connectivity index (χ2n) is 19.3. The standard InChI is InChI=1S/C54H108N4O3/c1-6-11-16-20-24-28-33-41-55(42-34-29-25-21-17-12-7-2)48-49-56(43-35-30-26-22-18-13-8-3)51-53(59)58-46-39-52(40-47-58)57(44-36-31-27-23-19-14-9-4)45-37-32-38-54(60)61-50-15-10-5/h52H,6-51H2,1-5H3. The number of esters is 1. The summed E-state index contributed by atoms with van der Waals surface area (Å²) in [4.78, 5) is 36.6. The molecule has 1 heterocycles. The van der Waals surface area contributed by atoms with Gasteiger partial charge in [-0.15, -0.1) is 0 Å². The molecule has 0 radical (unpaired) electrons.